The number of benzene rings is 2. The molecule has 8 rings (SSSR count). The number of carbonyl (C=O) groups excluding carboxylic acids is 2. The topological polar surface area (TPSA) is 121 Å². The maximum atomic E-state index is 14.7. The second-order valence-corrected chi connectivity index (χ2v) is 14.0. The Balaban J connectivity index is 1.20. The van der Waals surface area contributed by atoms with Crippen molar-refractivity contribution >= 4 is 40.5 Å². The Labute approximate surface area is 291 Å². The molecule has 3 aromatic heterocycles. The zero-order valence-corrected chi connectivity index (χ0v) is 28.0. The van der Waals surface area contributed by atoms with Crippen LogP contribution < -0.4 is 20.5 Å². The highest BCUT2D eigenvalue weighted by atomic mass is 35.5. The lowest BCUT2D eigenvalue weighted by Crippen LogP contribution is -2.40. The van der Waals surface area contributed by atoms with Gasteiger partial charge in [0.1, 0.15) is 35.4 Å². The van der Waals surface area contributed by atoms with Crippen LogP contribution in [-0.4, -0.2) is 45.7 Å². The van der Waals surface area contributed by atoms with E-state index in [2.05, 4.69) is 5.32 Å². The van der Waals surface area contributed by atoms with Gasteiger partial charge in [-0.25, -0.2) is 13.9 Å². The molecule has 0 spiro atoms. The van der Waals surface area contributed by atoms with Gasteiger partial charge >= 0.3 is 0 Å². The summed E-state index contributed by atoms with van der Waals surface area (Å²) in [4.78, 5) is 31.7. The molecule has 3 aliphatic rings. The van der Waals surface area contributed by atoms with E-state index in [9.17, 15) is 14.0 Å². The highest BCUT2D eigenvalue weighted by Crippen LogP contribution is 2.48. The molecular formula is C37H32Cl2FN5O4. The molecule has 2 fully saturated rings. The average molecular weight is 701 g/mol. The Morgan fingerprint density at radius 3 is 2.63 bits per heavy atom. The minimum Gasteiger partial charge on any atom is -0.489 e. The van der Waals surface area contributed by atoms with Crippen LogP contribution in [0.25, 0.3) is 16.8 Å². The van der Waals surface area contributed by atoms with E-state index in [-0.39, 0.29) is 30.2 Å². The number of pyridine rings is 2. The molecule has 12 heteroatoms. The Morgan fingerprint density at radius 2 is 1.90 bits per heavy atom. The highest BCUT2D eigenvalue weighted by molar-refractivity contribution is 6.43. The molecule has 2 aromatic carbocycles. The summed E-state index contributed by atoms with van der Waals surface area (Å²) in [6.07, 6.45) is 4.23. The lowest BCUT2D eigenvalue weighted by Gasteiger charge is -2.23. The number of hydrogen-bond acceptors (Lipinski definition) is 6. The molecule has 0 bridgehead atoms. The Bertz CT molecular complexity index is 2160. The van der Waals surface area contributed by atoms with Crippen molar-refractivity contribution in [3.63, 3.8) is 0 Å². The van der Waals surface area contributed by atoms with Gasteiger partial charge in [-0.3, -0.25) is 9.59 Å². The molecule has 1 aliphatic heterocycles. The van der Waals surface area contributed by atoms with Crippen molar-refractivity contribution in [1.82, 2.24) is 19.9 Å². The second kappa shape index (κ2) is 12.0. The van der Waals surface area contributed by atoms with Crippen LogP contribution in [0.15, 0.2) is 66.7 Å². The Kier molecular flexibility index (Phi) is 7.76. The van der Waals surface area contributed by atoms with Crippen molar-refractivity contribution in [3.05, 3.63) is 111 Å². The Morgan fingerprint density at radius 1 is 1.10 bits per heavy atom. The van der Waals surface area contributed by atoms with Crippen LogP contribution in [0.5, 0.6) is 11.6 Å². The van der Waals surface area contributed by atoms with Crippen molar-refractivity contribution in [1.29, 1.82) is 0 Å². The lowest BCUT2D eigenvalue weighted by molar-refractivity contribution is -0.123. The summed E-state index contributed by atoms with van der Waals surface area (Å²) in [6.45, 7) is 1.75. The van der Waals surface area contributed by atoms with Crippen LogP contribution in [-0.2, 0) is 10.2 Å². The normalized spacial score (nSPS) is 18.9. The number of rotatable bonds is 10. The van der Waals surface area contributed by atoms with E-state index in [0.717, 1.165) is 36.9 Å². The summed E-state index contributed by atoms with van der Waals surface area (Å²) < 4.78 is 28.7. The van der Waals surface area contributed by atoms with E-state index in [1.807, 2.05) is 6.07 Å². The Hall–Kier alpha value is -4.67. The van der Waals surface area contributed by atoms with E-state index in [4.69, 9.17) is 48.5 Å². The number of nitrogens with two attached hydrogens (primary N) is 1. The molecule has 0 saturated heterocycles. The molecule has 0 radical (unpaired) electrons. The summed E-state index contributed by atoms with van der Waals surface area (Å²) in [5.74, 6) is -0.701. The van der Waals surface area contributed by atoms with Gasteiger partial charge in [0.15, 0.2) is 0 Å². The van der Waals surface area contributed by atoms with E-state index in [0.29, 0.717) is 56.2 Å². The number of carbonyl (C=O) groups is 2. The first-order valence-electron chi connectivity index (χ1n) is 16.3. The zero-order chi connectivity index (χ0) is 34.0. The smallest absolute Gasteiger partial charge is 0.251 e. The van der Waals surface area contributed by atoms with E-state index in [1.54, 1.807) is 60.0 Å². The van der Waals surface area contributed by atoms with Crippen molar-refractivity contribution in [2.75, 3.05) is 13.2 Å². The average Bonchev–Trinajstić information content (AvgIpc) is 4.02. The molecule has 3 N–H and O–H groups in total. The van der Waals surface area contributed by atoms with Gasteiger partial charge in [0.25, 0.3) is 5.91 Å². The number of nitrogens with one attached hydrogen (secondary N) is 1. The van der Waals surface area contributed by atoms with Gasteiger partial charge in [-0.05, 0) is 74.6 Å². The fourth-order valence-corrected chi connectivity index (χ4v) is 6.70. The monoisotopic (exact) mass is 699 g/mol. The van der Waals surface area contributed by atoms with Crippen LogP contribution in [0.1, 0.15) is 77.3 Å². The predicted octanol–water partition coefficient (Wildman–Crippen LogP) is 6.96. The zero-order valence-electron chi connectivity index (χ0n) is 26.5. The number of fused-ring (bicyclic) bond motifs is 2. The van der Waals surface area contributed by atoms with E-state index < -0.39 is 23.1 Å². The summed E-state index contributed by atoms with van der Waals surface area (Å²) in [7, 11) is 0. The number of nitrogens with zero attached hydrogens (tertiary/aromatic N) is 3. The fraction of sp³-hybridized carbons (Fsp3) is 0.297. The standard InChI is InChI=1S/C37H32Cl2FN5O4/c1-37(36(41)47)18-48-34-27(37)16-30(43-33(34)25-6-3-7-28(38)32(25)39)26(20-4-2-5-22(40)12-20)17-42-35(46)21-13-23-15-29(19-8-9-19)44-45(23)31(14-21)49-24-10-11-24/h2-7,12-16,19,24,26H,8-11,17-18H2,1H3,(H2,41,47)(H,42,46)/t26-,37-/m0/s1. The largest absolute Gasteiger partial charge is 0.489 e. The third-order valence-corrected chi connectivity index (χ3v) is 10.4. The predicted molar refractivity (Wildman–Crippen MR) is 183 cm³/mol. The van der Waals surface area contributed by atoms with Gasteiger partial charge in [-0.2, -0.15) is 5.10 Å². The molecule has 2 aliphatic carbocycles. The molecule has 5 aromatic rings. The van der Waals surface area contributed by atoms with Crippen molar-refractivity contribution < 1.29 is 23.5 Å². The fourth-order valence-electron chi connectivity index (χ4n) is 6.31. The molecule has 49 heavy (non-hydrogen) atoms. The van der Waals surface area contributed by atoms with E-state index >= 15 is 0 Å². The van der Waals surface area contributed by atoms with Gasteiger partial charge in [-0.15, -0.1) is 0 Å². The lowest BCUT2D eigenvalue weighted by atomic mass is 9.81. The second-order valence-electron chi connectivity index (χ2n) is 13.3. The summed E-state index contributed by atoms with van der Waals surface area (Å²) in [5.41, 5.74) is 9.29. The number of hydrogen-bond donors (Lipinski definition) is 2. The third-order valence-electron chi connectivity index (χ3n) is 9.53. The summed E-state index contributed by atoms with van der Waals surface area (Å²) >= 11 is 13.1. The third kappa shape index (κ3) is 5.87. The minimum absolute atomic E-state index is 0.000146. The van der Waals surface area contributed by atoms with Crippen LogP contribution in [0.4, 0.5) is 4.39 Å². The number of aromatic nitrogens is 3. The first kappa shape index (κ1) is 31.6. The minimum atomic E-state index is -1.18. The van der Waals surface area contributed by atoms with Crippen LogP contribution in [0, 0.1) is 5.82 Å². The number of halogens is 3. The molecule has 250 valence electrons. The number of ether oxygens (including phenoxy) is 2. The van der Waals surface area contributed by atoms with Gasteiger partial charge in [-0.1, -0.05) is 47.5 Å². The maximum Gasteiger partial charge on any atom is 0.251 e. The molecule has 2 saturated carbocycles. The van der Waals surface area contributed by atoms with Gasteiger partial charge in [0, 0.05) is 41.1 Å². The maximum absolute atomic E-state index is 14.7. The number of amides is 2. The molecule has 2 atom stereocenters. The van der Waals surface area contributed by atoms with Gasteiger partial charge in [0.05, 0.1) is 26.9 Å². The van der Waals surface area contributed by atoms with Gasteiger partial charge < -0.3 is 20.5 Å². The molecular weight excluding hydrogens is 668 g/mol. The summed E-state index contributed by atoms with van der Waals surface area (Å²) in [6, 6.07) is 18.5. The number of primary amides is 1. The summed E-state index contributed by atoms with van der Waals surface area (Å²) in [5, 5.41) is 8.39. The molecule has 9 nitrogen and oxygen atoms in total. The SMILES string of the molecule is C[C@]1(C(N)=O)COc2c1cc([C@@H](CNC(=O)c1cc(OC3CC3)n3nc(C4CC4)cc3c1)c1cccc(F)c1)nc2-c1cccc(Cl)c1Cl. The molecule has 4 heterocycles. The van der Waals surface area contributed by atoms with Crippen molar-refractivity contribution in [3.8, 4) is 22.9 Å². The van der Waals surface area contributed by atoms with Gasteiger partial charge in [0.2, 0.25) is 11.8 Å². The first-order chi connectivity index (χ1) is 23.6. The molecule has 0 unspecified atom stereocenters. The van der Waals surface area contributed by atoms with Crippen LogP contribution in [0.2, 0.25) is 10.0 Å². The quantitative estimate of drug-likeness (QED) is 0.163. The van der Waals surface area contributed by atoms with Crippen molar-refractivity contribution in [2.45, 2.75) is 56.0 Å². The van der Waals surface area contributed by atoms with Crippen molar-refractivity contribution in [2.24, 2.45) is 5.73 Å². The molecule has 2 amide bonds. The first-order valence-corrected chi connectivity index (χ1v) is 17.0. The van der Waals surface area contributed by atoms with Crippen LogP contribution in [0.3, 0.4) is 0 Å². The van der Waals surface area contributed by atoms with Crippen LogP contribution >= 0.6 is 23.2 Å². The van der Waals surface area contributed by atoms with E-state index in [1.165, 1.54) is 12.1 Å². The highest BCUT2D eigenvalue weighted by Gasteiger charge is 2.44.